The number of nitrogens with one attached hydrogen (secondary N) is 1. The molecule has 0 aliphatic heterocycles. The van der Waals surface area contributed by atoms with Crippen LogP contribution in [0.5, 0.6) is 5.75 Å². The van der Waals surface area contributed by atoms with Crippen molar-refractivity contribution >= 4 is 23.2 Å². The normalized spacial score (nSPS) is 12.1. The van der Waals surface area contributed by atoms with E-state index in [0.29, 0.717) is 11.6 Å². The van der Waals surface area contributed by atoms with Crippen molar-refractivity contribution in [2.24, 2.45) is 0 Å². The van der Waals surface area contributed by atoms with Gasteiger partial charge in [-0.15, -0.1) is 0 Å². The molecule has 28 heavy (non-hydrogen) atoms. The van der Waals surface area contributed by atoms with Crippen molar-refractivity contribution in [1.29, 1.82) is 0 Å². The van der Waals surface area contributed by atoms with Crippen LogP contribution in [0.15, 0.2) is 30.5 Å². The van der Waals surface area contributed by atoms with E-state index >= 15 is 0 Å². The first-order valence-electron chi connectivity index (χ1n) is 8.99. The van der Waals surface area contributed by atoms with E-state index in [1.807, 2.05) is 49.7 Å². The molecule has 1 unspecified atom stereocenters. The number of ether oxygens (including phenoxy) is 1. The fourth-order valence-corrected chi connectivity index (χ4v) is 3.24. The zero-order valence-corrected chi connectivity index (χ0v) is 17.4. The van der Waals surface area contributed by atoms with Crippen molar-refractivity contribution < 1.29 is 9.53 Å². The van der Waals surface area contributed by atoms with Gasteiger partial charge in [0.25, 0.3) is 0 Å². The van der Waals surface area contributed by atoms with Crippen LogP contribution < -0.4 is 10.1 Å². The summed E-state index contributed by atoms with van der Waals surface area (Å²) in [4.78, 5) is 12.8. The first-order valence-corrected chi connectivity index (χ1v) is 9.37. The van der Waals surface area contributed by atoms with Gasteiger partial charge in [0.1, 0.15) is 11.8 Å². The minimum Gasteiger partial charge on any atom is -0.497 e. The first kappa shape index (κ1) is 19.9. The second-order valence-electron chi connectivity index (χ2n) is 6.74. The Hall–Kier alpha value is -2.80. The zero-order valence-electron chi connectivity index (χ0n) is 16.7. The van der Waals surface area contributed by atoms with Gasteiger partial charge >= 0.3 is 0 Å². The molecule has 1 N–H and O–H groups in total. The molecule has 0 saturated carbocycles. The number of carbonyl (C=O) groups is 1. The van der Waals surface area contributed by atoms with E-state index in [2.05, 4.69) is 15.5 Å². The van der Waals surface area contributed by atoms with E-state index in [0.717, 1.165) is 34.1 Å². The minimum atomic E-state index is -0.493. The Kier molecular flexibility index (Phi) is 5.74. The quantitative estimate of drug-likeness (QED) is 0.679. The lowest BCUT2D eigenvalue weighted by molar-refractivity contribution is -0.119. The van der Waals surface area contributed by atoms with E-state index in [1.54, 1.807) is 24.9 Å². The van der Waals surface area contributed by atoms with E-state index in [1.165, 1.54) is 0 Å². The van der Waals surface area contributed by atoms with Crippen molar-refractivity contribution in [2.45, 2.75) is 40.3 Å². The summed E-state index contributed by atoms with van der Waals surface area (Å²) >= 11 is 6.05. The monoisotopic (exact) mass is 401 g/mol. The second-order valence-corrected chi connectivity index (χ2v) is 7.15. The molecule has 3 aromatic rings. The molecule has 0 aliphatic rings. The molecule has 3 rings (SSSR count). The lowest BCUT2D eigenvalue weighted by Gasteiger charge is -2.15. The van der Waals surface area contributed by atoms with Gasteiger partial charge in [-0.1, -0.05) is 23.7 Å². The van der Waals surface area contributed by atoms with E-state index in [4.69, 9.17) is 16.3 Å². The molecule has 0 fully saturated rings. The lowest BCUT2D eigenvalue weighted by atomic mass is 10.2. The Morgan fingerprint density at radius 2 is 2.04 bits per heavy atom. The van der Waals surface area contributed by atoms with E-state index in [-0.39, 0.29) is 5.91 Å². The number of hydrogen-bond donors (Lipinski definition) is 1. The summed E-state index contributed by atoms with van der Waals surface area (Å²) in [5.41, 5.74) is 4.19. The van der Waals surface area contributed by atoms with Gasteiger partial charge in [0, 0.05) is 0 Å². The van der Waals surface area contributed by atoms with Gasteiger partial charge in [-0.25, -0.2) is 0 Å². The molecule has 0 bridgehead atoms. The third kappa shape index (κ3) is 3.89. The topological polar surface area (TPSA) is 74.0 Å². The number of nitrogens with zero attached hydrogens (tertiary/aromatic N) is 4. The van der Waals surface area contributed by atoms with Crippen LogP contribution in [0.1, 0.15) is 35.6 Å². The predicted octanol–water partition coefficient (Wildman–Crippen LogP) is 3.91. The van der Waals surface area contributed by atoms with Crippen LogP contribution in [0.4, 0.5) is 5.69 Å². The summed E-state index contributed by atoms with van der Waals surface area (Å²) in [6.45, 7) is 8.03. The number of halogens is 1. The fourth-order valence-electron chi connectivity index (χ4n) is 3.11. The van der Waals surface area contributed by atoms with E-state index in [9.17, 15) is 4.79 Å². The maximum absolute atomic E-state index is 12.8. The van der Waals surface area contributed by atoms with Crippen LogP contribution in [0.2, 0.25) is 5.02 Å². The number of methoxy groups -OCH3 is 1. The van der Waals surface area contributed by atoms with Crippen LogP contribution in [-0.4, -0.2) is 32.6 Å². The molecule has 2 aromatic heterocycles. The number of aryl methyl sites for hydroxylation is 1. The molecule has 0 spiro atoms. The van der Waals surface area contributed by atoms with E-state index < -0.39 is 6.04 Å². The SMILES string of the molecule is COc1cccc(Cn2nc(C)c(NC(=O)C(C)n3ncc(Cl)c3C)c2C)c1. The molecule has 1 atom stereocenters. The van der Waals surface area contributed by atoms with Crippen LogP contribution in [0, 0.1) is 20.8 Å². The summed E-state index contributed by atoms with van der Waals surface area (Å²) in [6, 6.07) is 7.35. The Morgan fingerprint density at radius 3 is 2.68 bits per heavy atom. The maximum atomic E-state index is 12.8. The van der Waals surface area contributed by atoms with Crippen molar-refractivity contribution in [3.63, 3.8) is 0 Å². The van der Waals surface area contributed by atoms with Crippen LogP contribution >= 0.6 is 11.6 Å². The molecule has 0 saturated heterocycles. The summed E-state index contributed by atoms with van der Waals surface area (Å²) in [5.74, 6) is 0.629. The second kappa shape index (κ2) is 8.06. The number of benzene rings is 1. The highest BCUT2D eigenvalue weighted by Gasteiger charge is 2.22. The Morgan fingerprint density at radius 1 is 1.29 bits per heavy atom. The number of amides is 1. The third-order valence-electron chi connectivity index (χ3n) is 4.83. The molecule has 0 aliphatic carbocycles. The van der Waals surface area contributed by atoms with Crippen LogP contribution in [0.3, 0.4) is 0 Å². The van der Waals surface area contributed by atoms with Gasteiger partial charge < -0.3 is 10.1 Å². The smallest absolute Gasteiger partial charge is 0.249 e. The molecular weight excluding hydrogens is 378 g/mol. The van der Waals surface area contributed by atoms with Gasteiger partial charge in [-0.2, -0.15) is 10.2 Å². The third-order valence-corrected chi connectivity index (χ3v) is 5.20. The van der Waals surface area contributed by atoms with Crippen molar-refractivity contribution in [3.8, 4) is 5.75 Å². The number of anilines is 1. The number of aromatic nitrogens is 4. The van der Waals surface area contributed by atoms with Crippen molar-refractivity contribution in [2.75, 3.05) is 12.4 Å². The number of rotatable bonds is 6. The molecule has 7 nitrogen and oxygen atoms in total. The minimum absolute atomic E-state index is 0.171. The highest BCUT2D eigenvalue weighted by atomic mass is 35.5. The van der Waals surface area contributed by atoms with Crippen LogP contribution in [0.25, 0.3) is 0 Å². The van der Waals surface area contributed by atoms with Gasteiger partial charge in [0.2, 0.25) is 5.91 Å². The molecule has 2 heterocycles. The van der Waals surface area contributed by atoms with Crippen molar-refractivity contribution in [1.82, 2.24) is 19.6 Å². The Bertz CT molecular complexity index is 1010. The summed E-state index contributed by atoms with van der Waals surface area (Å²) in [6.07, 6.45) is 1.54. The zero-order chi connectivity index (χ0) is 20.4. The average molecular weight is 402 g/mol. The molecule has 148 valence electrons. The van der Waals surface area contributed by atoms with Gasteiger partial charge in [0.15, 0.2) is 0 Å². The fraction of sp³-hybridized carbons (Fsp3) is 0.350. The van der Waals surface area contributed by atoms with Crippen molar-refractivity contribution in [3.05, 3.63) is 58.1 Å². The molecule has 1 amide bonds. The molecule has 1 aromatic carbocycles. The molecular formula is C20H24ClN5O2. The predicted molar refractivity (Wildman–Crippen MR) is 109 cm³/mol. The lowest BCUT2D eigenvalue weighted by Crippen LogP contribution is -2.25. The van der Waals surface area contributed by atoms with Gasteiger partial charge in [-0.3, -0.25) is 14.2 Å². The number of hydrogen-bond acceptors (Lipinski definition) is 4. The summed E-state index contributed by atoms with van der Waals surface area (Å²) in [7, 11) is 1.64. The summed E-state index contributed by atoms with van der Waals surface area (Å²) in [5, 5.41) is 12.3. The Balaban J connectivity index is 1.79. The molecule has 8 heteroatoms. The average Bonchev–Trinajstić information content (AvgIpc) is 3.15. The standard InChI is InChI=1S/C20H24ClN5O2/c1-12-19(23-20(27)15(4)26-13(2)18(21)10-22-26)14(3)25(24-12)11-16-7-6-8-17(9-16)28-5/h6-10,15H,11H2,1-5H3,(H,23,27). The highest BCUT2D eigenvalue weighted by molar-refractivity contribution is 6.31. The molecule has 0 radical (unpaired) electrons. The first-order chi connectivity index (χ1) is 13.3. The number of carbonyl (C=O) groups excluding carboxylic acids is 1. The maximum Gasteiger partial charge on any atom is 0.249 e. The van der Waals surface area contributed by atoms with Gasteiger partial charge in [0.05, 0.1) is 47.6 Å². The summed E-state index contributed by atoms with van der Waals surface area (Å²) < 4.78 is 8.77. The van der Waals surface area contributed by atoms with Gasteiger partial charge in [-0.05, 0) is 45.4 Å². The largest absolute Gasteiger partial charge is 0.497 e. The van der Waals surface area contributed by atoms with Crippen LogP contribution in [-0.2, 0) is 11.3 Å². The Labute approximate surface area is 169 Å². The highest BCUT2D eigenvalue weighted by Crippen LogP contribution is 2.24.